The van der Waals surface area contributed by atoms with Crippen LogP contribution in [0.5, 0.6) is 0 Å². The van der Waals surface area contributed by atoms with Crippen LogP contribution in [0, 0.1) is 5.82 Å². The molecule has 0 spiro atoms. The van der Waals surface area contributed by atoms with Crippen molar-refractivity contribution in [3.05, 3.63) is 35.6 Å². The Bertz CT molecular complexity index is 552. The van der Waals surface area contributed by atoms with Crippen molar-refractivity contribution in [2.24, 2.45) is 0 Å². The Morgan fingerprint density at radius 1 is 1.25 bits per heavy atom. The highest BCUT2D eigenvalue weighted by Gasteiger charge is 2.42. The molecule has 2 aliphatic rings. The molecule has 1 amide bonds. The van der Waals surface area contributed by atoms with Crippen LogP contribution < -0.4 is 5.32 Å². The molecular formula is C19H27FN2O2. The highest BCUT2D eigenvalue weighted by Crippen LogP contribution is 2.41. The zero-order chi connectivity index (χ0) is 16.8. The van der Waals surface area contributed by atoms with E-state index in [1.807, 2.05) is 6.07 Å². The molecule has 0 unspecified atom stereocenters. The fraction of sp³-hybridized carbons (Fsp3) is 0.632. The molecular weight excluding hydrogens is 307 g/mol. The van der Waals surface area contributed by atoms with E-state index in [-0.39, 0.29) is 11.7 Å². The molecule has 2 fully saturated rings. The molecule has 1 aromatic rings. The molecule has 1 aromatic carbocycles. The highest BCUT2D eigenvalue weighted by atomic mass is 19.1. The summed E-state index contributed by atoms with van der Waals surface area (Å²) in [7, 11) is 0. The molecule has 3 rings (SSSR count). The van der Waals surface area contributed by atoms with Gasteiger partial charge in [-0.15, -0.1) is 0 Å². The summed E-state index contributed by atoms with van der Waals surface area (Å²) >= 11 is 0. The number of amides is 1. The Kier molecular flexibility index (Phi) is 5.85. The van der Waals surface area contributed by atoms with Gasteiger partial charge in [-0.05, 0) is 43.5 Å². The van der Waals surface area contributed by atoms with Gasteiger partial charge < -0.3 is 10.1 Å². The normalized spacial score (nSPS) is 20.9. The van der Waals surface area contributed by atoms with Crippen LogP contribution in [-0.2, 0) is 14.9 Å². The maximum absolute atomic E-state index is 13.6. The summed E-state index contributed by atoms with van der Waals surface area (Å²) in [4.78, 5) is 15.2. The first-order valence-corrected chi connectivity index (χ1v) is 9.05. The summed E-state index contributed by atoms with van der Waals surface area (Å²) < 4.78 is 19.0. The van der Waals surface area contributed by atoms with Crippen molar-refractivity contribution in [2.75, 3.05) is 39.4 Å². The second kappa shape index (κ2) is 8.08. The van der Waals surface area contributed by atoms with Crippen LogP contribution in [-0.4, -0.2) is 50.2 Å². The van der Waals surface area contributed by atoms with Crippen molar-refractivity contribution in [1.29, 1.82) is 0 Å². The van der Waals surface area contributed by atoms with Gasteiger partial charge in [-0.3, -0.25) is 9.69 Å². The number of carbonyl (C=O) groups excluding carboxylic acids is 1. The monoisotopic (exact) mass is 334 g/mol. The highest BCUT2D eigenvalue weighted by molar-refractivity contribution is 5.88. The van der Waals surface area contributed by atoms with Gasteiger partial charge in [-0.25, -0.2) is 4.39 Å². The second-order valence-corrected chi connectivity index (χ2v) is 6.86. The molecule has 0 aromatic heterocycles. The minimum Gasteiger partial charge on any atom is -0.379 e. The van der Waals surface area contributed by atoms with Crippen LogP contribution >= 0.6 is 0 Å². The lowest BCUT2D eigenvalue weighted by Crippen LogP contribution is -2.44. The number of halogens is 1. The van der Waals surface area contributed by atoms with Crippen LogP contribution in [0.1, 0.15) is 37.7 Å². The molecule has 5 heteroatoms. The lowest BCUT2D eigenvalue weighted by Gasteiger charge is -2.29. The Hall–Kier alpha value is -1.46. The molecule has 4 nitrogen and oxygen atoms in total. The zero-order valence-corrected chi connectivity index (χ0v) is 14.2. The lowest BCUT2D eigenvalue weighted by atomic mass is 9.78. The summed E-state index contributed by atoms with van der Waals surface area (Å²) in [6, 6.07) is 6.56. The van der Waals surface area contributed by atoms with E-state index < -0.39 is 5.41 Å². The van der Waals surface area contributed by atoms with Crippen molar-refractivity contribution in [3.8, 4) is 0 Å². The van der Waals surface area contributed by atoms with E-state index in [9.17, 15) is 9.18 Å². The average Bonchev–Trinajstić information content (AvgIpc) is 3.11. The van der Waals surface area contributed by atoms with Crippen LogP contribution in [0.4, 0.5) is 4.39 Å². The smallest absolute Gasteiger partial charge is 0.230 e. The Balaban J connectivity index is 1.55. The van der Waals surface area contributed by atoms with E-state index >= 15 is 0 Å². The first-order chi connectivity index (χ1) is 11.7. The topological polar surface area (TPSA) is 41.6 Å². The van der Waals surface area contributed by atoms with E-state index in [2.05, 4.69) is 10.2 Å². The van der Waals surface area contributed by atoms with Gasteiger partial charge in [0.05, 0.1) is 18.6 Å². The number of carbonyl (C=O) groups is 1. The number of rotatable bonds is 6. The number of morpholine rings is 1. The third-order valence-electron chi connectivity index (χ3n) is 5.31. The van der Waals surface area contributed by atoms with E-state index in [0.717, 1.165) is 70.5 Å². The summed E-state index contributed by atoms with van der Waals surface area (Å²) in [5, 5.41) is 3.10. The zero-order valence-electron chi connectivity index (χ0n) is 14.2. The van der Waals surface area contributed by atoms with Crippen LogP contribution in [0.25, 0.3) is 0 Å². The molecule has 0 bridgehead atoms. The van der Waals surface area contributed by atoms with Gasteiger partial charge in [0.15, 0.2) is 0 Å². The first kappa shape index (κ1) is 17.4. The molecule has 1 N–H and O–H groups in total. The average molecular weight is 334 g/mol. The summed E-state index contributed by atoms with van der Waals surface area (Å²) in [5.74, 6) is -0.202. The number of nitrogens with zero attached hydrogens (tertiary/aromatic N) is 1. The Labute approximate surface area is 143 Å². The largest absolute Gasteiger partial charge is 0.379 e. The van der Waals surface area contributed by atoms with Gasteiger partial charge in [-0.2, -0.15) is 0 Å². The molecule has 1 aliphatic carbocycles. The number of hydrogen-bond donors (Lipinski definition) is 1. The van der Waals surface area contributed by atoms with Crippen molar-refractivity contribution in [3.63, 3.8) is 0 Å². The molecule has 1 heterocycles. The fourth-order valence-electron chi connectivity index (χ4n) is 3.91. The van der Waals surface area contributed by atoms with Crippen molar-refractivity contribution in [1.82, 2.24) is 10.2 Å². The van der Waals surface area contributed by atoms with Gasteiger partial charge in [0.2, 0.25) is 5.91 Å². The van der Waals surface area contributed by atoms with Crippen molar-refractivity contribution < 1.29 is 13.9 Å². The minimum absolute atomic E-state index is 0.0626. The maximum atomic E-state index is 13.6. The summed E-state index contributed by atoms with van der Waals surface area (Å²) in [5.41, 5.74) is 0.284. The van der Waals surface area contributed by atoms with Crippen LogP contribution in [0.3, 0.4) is 0 Å². The van der Waals surface area contributed by atoms with Crippen molar-refractivity contribution in [2.45, 2.75) is 37.5 Å². The van der Waals surface area contributed by atoms with Crippen LogP contribution in [0.15, 0.2) is 24.3 Å². The summed E-state index contributed by atoms with van der Waals surface area (Å²) in [6.45, 7) is 5.20. The van der Waals surface area contributed by atoms with E-state index in [1.165, 1.54) is 12.1 Å². The van der Waals surface area contributed by atoms with E-state index in [0.29, 0.717) is 6.54 Å². The number of nitrogens with one attached hydrogen (secondary N) is 1. The standard InChI is InChI=1S/C19H27FN2O2/c20-17-6-3-5-16(15-17)19(7-1-2-8-19)18(23)21-9-4-10-22-11-13-24-14-12-22/h3,5-6,15H,1-2,4,7-14H2,(H,21,23). The molecule has 0 radical (unpaired) electrons. The molecule has 1 aliphatic heterocycles. The SMILES string of the molecule is O=C(NCCCN1CCOCC1)C1(c2cccc(F)c2)CCCC1. The van der Waals surface area contributed by atoms with Gasteiger partial charge >= 0.3 is 0 Å². The number of hydrogen-bond acceptors (Lipinski definition) is 3. The molecule has 132 valence electrons. The van der Waals surface area contributed by atoms with E-state index in [4.69, 9.17) is 4.74 Å². The number of ether oxygens (including phenoxy) is 1. The van der Waals surface area contributed by atoms with Crippen molar-refractivity contribution >= 4 is 5.91 Å². The number of benzene rings is 1. The van der Waals surface area contributed by atoms with E-state index in [1.54, 1.807) is 6.07 Å². The third-order valence-corrected chi connectivity index (χ3v) is 5.31. The Morgan fingerprint density at radius 3 is 2.71 bits per heavy atom. The first-order valence-electron chi connectivity index (χ1n) is 9.05. The van der Waals surface area contributed by atoms with Crippen LogP contribution in [0.2, 0.25) is 0 Å². The molecule has 1 saturated heterocycles. The minimum atomic E-state index is -0.541. The molecule has 24 heavy (non-hydrogen) atoms. The third kappa shape index (κ3) is 3.95. The predicted octanol–water partition coefficient (Wildman–Crippen LogP) is 2.48. The quantitative estimate of drug-likeness (QED) is 0.813. The summed E-state index contributed by atoms with van der Waals surface area (Å²) in [6.07, 6.45) is 4.61. The second-order valence-electron chi connectivity index (χ2n) is 6.86. The van der Waals surface area contributed by atoms with Gasteiger partial charge in [0.25, 0.3) is 0 Å². The Morgan fingerprint density at radius 2 is 2.00 bits per heavy atom. The lowest BCUT2D eigenvalue weighted by molar-refractivity contribution is -0.126. The van der Waals surface area contributed by atoms with Gasteiger partial charge in [-0.1, -0.05) is 25.0 Å². The predicted molar refractivity (Wildman–Crippen MR) is 91.4 cm³/mol. The van der Waals surface area contributed by atoms with Gasteiger partial charge in [0.1, 0.15) is 5.82 Å². The fourth-order valence-corrected chi connectivity index (χ4v) is 3.91. The van der Waals surface area contributed by atoms with Gasteiger partial charge in [0, 0.05) is 19.6 Å². The molecule has 0 atom stereocenters. The maximum Gasteiger partial charge on any atom is 0.230 e. The molecule has 1 saturated carbocycles.